The first-order valence-electron chi connectivity index (χ1n) is 5.73. The molecule has 1 atom stereocenters. The average molecular weight is 238 g/mol. The van der Waals surface area contributed by atoms with Gasteiger partial charge >= 0.3 is 11.9 Å². The molecule has 0 unspecified atom stereocenters. The molecule has 0 saturated carbocycles. The predicted molar refractivity (Wildman–Crippen MR) is 61.1 cm³/mol. The van der Waals surface area contributed by atoms with Crippen LogP contribution < -0.4 is 5.73 Å². The lowest BCUT2D eigenvalue weighted by molar-refractivity contribution is -0.147. The minimum absolute atomic E-state index is 0.0342. The number of benzene rings is 1. The molecule has 17 heavy (non-hydrogen) atoms. The summed E-state index contributed by atoms with van der Waals surface area (Å²) in [5.41, 5.74) is 2.85. The first-order valence-corrected chi connectivity index (χ1v) is 5.23. The summed E-state index contributed by atoms with van der Waals surface area (Å²) in [7, 11) is 0. The number of hydrogen-bond donors (Lipinski definition) is 2. The normalized spacial score (nSPS) is 12.6. The van der Waals surface area contributed by atoms with Crippen molar-refractivity contribution in [2.45, 2.75) is 25.5 Å². The molecule has 0 aliphatic heterocycles. The van der Waals surface area contributed by atoms with Crippen molar-refractivity contribution >= 4 is 11.9 Å². The highest BCUT2D eigenvalue weighted by Crippen LogP contribution is 2.03. The van der Waals surface area contributed by atoms with Crippen LogP contribution in [-0.4, -0.2) is 23.1 Å². The van der Waals surface area contributed by atoms with Gasteiger partial charge in [0.15, 0.2) is 0 Å². The lowest BCUT2D eigenvalue weighted by atomic mass is 10.2. The molecule has 0 saturated heterocycles. The van der Waals surface area contributed by atoms with E-state index in [-0.39, 0.29) is 19.4 Å². The number of rotatable bonds is 7. The lowest BCUT2D eigenvalue weighted by Gasteiger charge is -2.10. The van der Waals surface area contributed by atoms with Gasteiger partial charge in [-0.3, -0.25) is 9.59 Å². The summed E-state index contributed by atoms with van der Waals surface area (Å²) in [6.45, 7) is 0.116. The van der Waals surface area contributed by atoms with Crippen LogP contribution in [0.1, 0.15) is 18.4 Å². The fraction of sp³-hybridized carbons (Fsp3) is 0.333. The summed E-state index contributed by atoms with van der Waals surface area (Å²) in [5.74, 6) is -1.62. The van der Waals surface area contributed by atoms with E-state index in [1.54, 1.807) is 0 Å². The predicted octanol–water partition coefficient (Wildman–Crippen LogP) is 0.922. The van der Waals surface area contributed by atoms with Gasteiger partial charge < -0.3 is 15.6 Å². The Hall–Kier alpha value is -1.88. The molecule has 3 N–H and O–H groups in total. The molecular weight excluding hydrogens is 222 g/mol. The summed E-state index contributed by atoms with van der Waals surface area (Å²) < 4.78 is 12.0. The quantitative estimate of drug-likeness (QED) is 0.689. The molecule has 5 nitrogen and oxygen atoms in total. The number of esters is 1. The minimum atomic E-state index is -1.01. The van der Waals surface area contributed by atoms with Crippen LogP contribution in [-0.2, 0) is 20.9 Å². The van der Waals surface area contributed by atoms with E-state index in [0.29, 0.717) is 0 Å². The second-order valence-electron chi connectivity index (χ2n) is 3.58. The van der Waals surface area contributed by atoms with E-state index >= 15 is 0 Å². The maximum Gasteiger partial charge on any atom is 0.323 e. The number of carbonyl (C=O) groups is 2. The maximum absolute atomic E-state index is 11.6. The van der Waals surface area contributed by atoms with Crippen molar-refractivity contribution in [1.29, 1.82) is 0 Å². The Kier molecular flexibility index (Phi) is 4.54. The third kappa shape index (κ3) is 5.12. The van der Waals surface area contributed by atoms with Crippen LogP contribution in [0.4, 0.5) is 0 Å². The molecule has 1 aromatic rings. The monoisotopic (exact) mass is 238 g/mol. The summed E-state index contributed by atoms with van der Waals surface area (Å²) in [4.78, 5) is 21.9. The van der Waals surface area contributed by atoms with Crippen LogP contribution in [0.25, 0.3) is 0 Å². The average Bonchev–Trinajstić information content (AvgIpc) is 2.38. The second kappa shape index (κ2) is 6.65. The molecule has 0 aliphatic rings. The third-order valence-corrected chi connectivity index (χ3v) is 2.16. The van der Waals surface area contributed by atoms with Crippen molar-refractivity contribution in [3.8, 4) is 0 Å². The van der Waals surface area contributed by atoms with E-state index in [4.69, 9.17) is 11.3 Å². The highest BCUT2D eigenvalue weighted by Gasteiger charge is 2.16. The topological polar surface area (TPSA) is 89.6 Å². The molecule has 1 rings (SSSR count). The van der Waals surface area contributed by atoms with Crippen LogP contribution in [0.5, 0.6) is 0 Å². The summed E-state index contributed by atoms with van der Waals surface area (Å²) in [5, 5.41) is 8.51. The molecule has 5 heteroatoms. The van der Waals surface area contributed by atoms with E-state index in [1.165, 1.54) is 0 Å². The Morgan fingerprint density at radius 1 is 1.41 bits per heavy atom. The molecule has 0 fully saturated rings. The van der Waals surface area contributed by atoms with Gasteiger partial charge in [0.25, 0.3) is 0 Å². The summed E-state index contributed by atoms with van der Waals surface area (Å²) in [6, 6.07) is 8.22. The number of aliphatic carboxylic acids is 1. The van der Waals surface area contributed by atoms with E-state index in [9.17, 15) is 9.59 Å². The number of carboxylic acids is 1. The van der Waals surface area contributed by atoms with Crippen molar-refractivity contribution < 1.29 is 20.8 Å². The fourth-order valence-electron chi connectivity index (χ4n) is 1.21. The highest BCUT2D eigenvalue weighted by atomic mass is 16.5. The molecule has 0 spiro atoms. The minimum Gasteiger partial charge on any atom is -0.481 e. The van der Waals surface area contributed by atoms with Gasteiger partial charge in [-0.25, -0.2) is 0 Å². The molecule has 0 radical (unpaired) electrons. The first-order chi connectivity index (χ1) is 8.63. The molecular formula is C12H15NO4. The van der Waals surface area contributed by atoms with Gasteiger partial charge in [-0.1, -0.05) is 30.3 Å². The zero-order valence-electron chi connectivity index (χ0n) is 10.3. The van der Waals surface area contributed by atoms with Gasteiger partial charge in [-0.2, -0.15) is 0 Å². The van der Waals surface area contributed by atoms with E-state index in [1.807, 2.05) is 36.1 Å². The van der Waals surface area contributed by atoms with Gasteiger partial charge in [0.2, 0.25) is 0 Å². The van der Waals surface area contributed by atoms with Gasteiger partial charge in [-0.15, -0.1) is 0 Å². The SMILES string of the molecule is [2H]N[C@@H](CCC(=O)O)C(=O)OCc1ccccc1. The highest BCUT2D eigenvalue weighted by molar-refractivity contribution is 5.76. The van der Waals surface area contributed by atoms with E-state index in [0.717, 1.165) is 5.56 Å². The van der Waals surface area contributed by atoms with Crippen LogP contribution in [0.15, 0.2) is 30.3 Å². The molecule has 0 aromatic heterocycles. The van der Waals surface area contributed by atoms with E-state index in [2.05, 4.69) is 0 Å². The molecule has 0 aliphatic carbocycles. The zero-order valence-corrected chi connectivity index (χ0v) is 9.26. The van der Waals surface area contributed by atoms with E-state index < -0.39 is 18.0 Å². The first kappa shape index (κ1) is 11.6. The Morgan fingerprint density at radius 3 is 2.71 bits per heavy atom. The van der Waals surface area contributed by atoms with Crippen molar-refractivity contribution in [3.05, 3.63) is 35.9 Å². The van der Waals surface area contributed by atoms with Gasteiger partial charge in [0, 0.05) is 6.42 Å². The van der Waals surface area contributed by atoms with Gasteiger partial charge in [-0.05, 0) is 12.0 Å². The number of ether oxygens (including phenoxy) is 1. The second-order valence-corrected chi connectivity index (χ2v) is 3.58. The standard InChI is InChI=1S/C12H15NO4/c13-10(6-7-11(14)15)12(16)17-8-9-4-2-1-3-5-9/h1-5,10H,6-8,13H2,(H,14,15)/t10-/m0/s1/i/hD. The Morgan fingerprint density at radius 2 is 2.12 bits per heavy atom. The maximum atomic E-state index is 11.6. The Bertz CT molecular complexity index is 396. The fourth-order valence-corrected chi connectivity index (χ4v) is 1.21. The van der Waals surface area contributed by atoms with Crippen LogP contribution in [0.3, 0.4) is 0 Å². The van der Waals surface area contributed by atoms with Crippen molar-refractivity contribution in [1.82, 2.24) is 0 Å². The number of hydrogen-bond acceptors (Lipinski definition) is 4. The van der Waals surface area contributed by atoms with Crippen molar-refractivity contribution in [2.24, 2.45) is 5.73 Å². The Balaban J connectivity index is 2.40. The molecule has 0 bridgehead atoms. The van der Waals surface area contributed by atoms with Crippen molar-refractivity contribution in [2.75, 3.05) is 0 Å². The molecule has 1 aromatic carbocycles. The number of carboxylic acid groups (broad SMARTS) is 1. The van der Waals surface area contributed by atoms with Crippen LogP contribution in [0.2, 0.25) is 1.41 Å². The molecule has 0 amide bonds. The zero-order chi connectivity index (χ0) is 13.4. The molecule has 0 heterocycles. The van der Waals surface area contributed by atoms with Crippen LogP contribution >= 0.6 is 0 Å². The van der Waals surface area contributed by atoms with Gasteiger partial charge in [0.05, 0.1) is 0 Å². The van der Waals surface area contributed by atoms with Crippen molar-refractivity contribution in [3.63, 3.8) is 0 Å². The molecule has 92 valence electrons. The van der Waals surface area contributed by atoms with Gasteiger partial charge in [0.1, 0.15) is 14.1 Å². The summed E-state index contributed by atoms with van der Waals surface area (Å²) >= 11 is 0. The lowest BCUT2D eigenvalue weighted by Crippen LogP contribution is -2.32. The number of nitrogens with two attached hydrogens (primary N) is 1. The summed E-state index contributed by atoms with van der Waals surface area (Å²) in [6.07, 6.45) is -0.149. The van der Waals surface area contributed by atoms with Crippen LogP contribution in [0, 0.1) is 0 Å². The largest absolute Gasteiger partial charge is 0.481 e. The Labute approximate surface area is 101 Å². The smallest absolute Gasteiger partial charge is 0.323 e. The number of carbonyl (C=O) groups excluding carboxylic acids is 1. The third-order valence-electron chi connectivity index (χ3n) is 2.16.